The summed E-state index contributed by atoms with van der Waals surface area (Å²) in [6.45, 7) is 16.4. The van der Waals surface area contributed by atoms with Crippen LogP contribution in [-0.2, 0) is 110 Å². The number of primary amides is 3. The van der Waals surface area contributed by atoms with Gasteiger partial charge in [0, 0.05) is 38.8 Å². The molecule has 3 aromatic carbocycles. The van der Waals surface area contributed by atoms with E-state index in [1.54, 1.807) is 136 Å². The maximum absolute atomic E-state index is 15.2. The third-order valence-corrected chi connectivity index (χ3v) is 23.4. The first kappa shape index (κ1) is 107. The Morgan fingerprint density at radius 1 is 0.403 bits per heavy atom. The molecule has 3 aromatic rings. The van der Waals surface area contributed by atoms with Gasteiger partial charge in [-0.3, -0.25) is 86.3 Å². The van der Waals surface area contributed by atoms with Gasteiger partial charge >= 0.3 is 11.9 Å². The van der Waals surface area contributed by atoms with E-state index < -0.39 is 246 Å². The Bertz CT molecular complexity index is 4400. The van der Waals surface area contributed by atoms with E-state index in [1.807, 2.05) is 0 Å². The molecule has 23 N–H and O–H groups in total. The number of carboxylic acid groups (broad SMARTS) is 2. The monoisotopic (exact) mass is 1820 g/mol. The Balaban J connectivity index is 1.42. The van der Waals surface area contributed by atoms with E-state index in [1.165, 1.54) is 40.9 Å². The fourth-order valence-corrected chi connectivity index (χ4v) is 15.3. The Hall–Kier alpha value is -12.3. The number of amides is 17. The second kappa shape index (κ2) is 52.9. The van der Waals surface area contributed by atoms with Crippen LogP contribution in [0.15, 0.2) is 84.9 Å². The molecule has 2 saturated heterocycles. The van der Waals surface area contributed by atoms with Gasteiger partial charge in [0.1, 0.15) is 90.3 Å². The lowest BCUT2D eigenvalue weighted by Gasteiger charge is -2.33. The van der Waals surface area contributed by atoms with Crippen molar-refractivity contribution < 1.29 is 106 Å². The SMILES string of the molecule is CC[C@H](C)[C@H](NC(=O)[C@H](Cc1ccccc1)NC(=O)[C@H](CC(C)C)NC(=O)[C@H](Cc1ccccc1)NC(=O)[C@H](Cc1ccc(O)cc1)NC(=O)[C@@H]1CCCN1C(=O)[C@H](CC(N)=O)NC(=O)[C@@H](NC(=O)[C@H](CC(N)=O)NC(=O)[C@@H](N)CCSC)[C@@H](C)CC)C(=O)N[C@@H](CC(=O)O)C(=O)N[C@H](C(=O)N1CCC[C@H]1C(=O)N[C@H](C(=O)N[C@@H](CCC(N)=O)C(=O)O)[C@@H](C)CC)C(C)C. The molecule has 2 heterocycles. The number of nitrogens with zero attached hydrogens (tertiary/aromatic N) is 2. The zero-order valence-electron chi connectivity index (χ0n) is 75.0. The average Bonchev–Trinajstić information content (AvgIpc) is 1.71. The van der Waals surface area contributed by atoms with E-state index in [2.05, 4.69) is 63.8 Å². The van der Waals surface area contributed by atoms with E-state index in [0.29, 0.717) is 28.9 Å². The molecule has 0 radical (unpaired) electrons. The molecule has 0 aromatic heterocycles. The molecular formula is C88H130N18O22S. The lowest BCUT2D eigenvalue weighted by molar-refractivity contribution is -0.145. The van der Waals surface area contributed by atoms with Crippen molar-refractivity contribution in [2.45, 2.75) is 269 Å². The highest BCUT2D eigenvalue weighted by Gasteiger charge is 2.46. The van der Waals surface area contributed by atoms with Crippen LogP contribution in [0.4, 0.5) is 0 Å². The van der Waals surface area contributed by atoms with Gasteiger partial charge in [0.2, 0.25) is 100 Å². The minimum absolute atomic E-state index is 0.00332. The number of carboxylic acids is 2. The fourth-order valence-electron chi connectivity index (χ4n) is 14.8. The van der Waals surface area contributed by atoms with Crippen LogP contribution in [0.3, 0.4) is 0 Å². The Morgan fingerprint density at radius 2 is 0.767 bits per heavy atom. The molecule has 0 bridgehead atoms. The zero-order valence-corrected chi connectivity index (χ0v) is 75.8. The van der Waals surface area contributed by atoms with Crippen molar-refractivity contribution in [1.29, 1.82) is 0 Å². The Labute approximate surface area is 754 Å². The minimum atomic E-state index is -1.92. The smallest absolute Gasteiger partial charge is 0.326 e. The van der Waals surface area contributed by atoms with Gasteiger partial charge < -0.3 is 112 Å². The molecule has 129 heavy (non-hydrogen) atoms. The van der Waals surface area contributed by atoms with E-state index >= 15 is 19.2 Å². The normalized spacial score (nSPS) is 17.3. The Morgan fingerprint density at radius 3 is 1.19 bits per heavy atom. The number of aromatic hydroxyl groups is 1. The summed E-state index contributed by atoms with van der Waals surface area (Å²) in [6.07, 6.45) is -0.752. The summed E-state index contributed by atoms with van der Waals surface area (Å²) in [7, 11) is 0. The van der Waals surface area contributed by atoms with Crippen LogP contribution in [0.5, 0.6) is 5.75 Å². The van der Waals surface area contributed by atoms with Crippen molar-refractivity contribution in [2.24, 2.45) is 52.5 Å². The number of hydrogen-bond acceptors (Lipinski definition) is 22. The van der Waals surface area contributed by atoms with Crippen molar-refractivity contribution in [3.63, 3.8) is 0 Å². The number of thioether (sulfide) groups is 1. The van der Waals surface area contributed by atoms with Gasteiger partial charge in [0.05, 0.1) is 25.3 Å². The average molecular weight is 1820 g/mol. The molecule has 40 nitrogen and oxygen atoms in total. The third-order valence-electron chi connectivity index (χ3n) is 22.8. The number of phenols is 1. The molecule has 2 fully saturated rings. The highest BCUT2D eigenvalue weighted by Crippen LogP contribution is 2.26. The van der Waals surface area contributed by atoms with Crippen LogP contribution < -0.4 is 86.7 Å². The first-order chi connectivity index (χ1) is 60.9. The number of rotatable bonds is 54. The number of nitrogens with one attached hydrogen (secondary N) is 12. The number of carbonyl (C=O) groups is 19. The lowest BCUT2D eigenvalue weighted by Crippen LogP contribution is -2.62. The van der Waals surface area contributed by atoms with Crippen LogP contribution in [-0.4, -0.2) is 253 Å². The van der Waals surface area contributed by atoms with Crippen molar-refractivity contribution in [1.82, 2.24) is 73.6 Å². The van der Waals surface area contributed by atoms with E-state index in [9.17, 15) is 87.2 Å². The molecule has 41 heteroatoms. The van der Waals surface area contributed by atoms with Crippen molar-refractivity contribution in [3.05, 3.63) is 102 Å². The van der Waals surface area contributed by atoms with Gasteiger partial charge in [0.15, 0.2) is 0 Å². The summed E-state index contributed by atoms with van der Waals surface area (Å²) < 4.78 is 0. The van der Waals surface area contributed by atoms with E-state index in [0.717, 1.165) is 4.90 Å². The van der Waals surface area contributed by atoms with Gasteiger partial charge in [-0.25, -0.2) is 4.79 Å². The number of carbonyl (C=O) groups excluding carboxylic acids is 17. The van der Waals surface area contributed by atoms with Crippen LogP contribution in [0.25, 0.3) is 0 Å². The van der Waals surface area contributed by atoms with Crippen LogP contribution in [0.1, 0.15) is 176 Å². The molecule has 0 aliphatic carbocycles. The van der Waals surface area contributed by atoms with Gasteiger partial charge in [-0.2, -0.15) is 11.8 Å². The van der Waals surface area contributed by atoms with E-state index in [4.69, 9.17) is 22.9 Å². The summed E-state index contributed by atoms with van der Waals surface area (Å²) in [5.74, 6) is -21.7. The standard InChI is InChI=1S/C88H130N18O22S/c1-12-48(8)71(84(123)99-62(45-69(111)112)80(119)101-70(47(6)7)87(126)106-37-22-28-65(106)82(121)104-73(50(10)14-3)83(122)93-56(88(127)128)33-34-66(90)108)102-78(117)60(41-52-25-19-16-20-26-52)97-75(114)57(39-46(4)5)95-76(115)58(40-51-23-17-15-18-24-51)96-77(116)59(42-53-29-31-54(107)32-30-53)98-81(120)64-27-21-36-105(64)86(125)63(44-68(92)110)100-85(124)72(49(9)13-2)103-79(118)61(43-67(91)109)94-74(113)55(89)35-38-129-11/h15-20,23-26,29-32,46-50,55-65,70-73,107H,12-14,21-22,27-28,33-45,89H2,1-11H3,(H2,90,108)(H2,91,109)(H2,92,110)(H,93,122)(H,94,113)(H,95,115)(H,96,116)(H,97,114)(H,98,120)(H,99,123)(H,100,124)(H,101,119)(H,102,117)(H,103,118)(H,104,121)(H,111,112)(H,127,128)/t48-,49-,50-,55-,56-,57-,58-,59-,60-,61-,62-,63-,64-,65-,70-,71-,72-,73-/m0/s1. The van der Waals surface area contributed by atoms with Crippen molar-refractivity contribution in [2.75, 3.05) is 25.1 Å². The van der Waals surface area contributed by atoms with Crippen molar-refractivity contribution >= 4 is 124 Å². The Kier molecular flexibility index (Phi) is 43.9. The van der Waals surface area contributed by atoms with E-state index in [-0.39, 0.29) is 108 Å². The molecule has 2 aliphatic rings. The number of nitrogens with two attached hydrogens (primary N) is 4. The molecule has 0 spiro atoms. The second-order valence-corrected chi connectivity index (χ2v) is 34.7. The zero-order chi connectivity index (χ0) is 96.2. The topological polar surface area (TPSA) is 640 Å². The minimum Gasteiger partial charge on any atom is -0.508 e. The molecule has 17 amide bonds. The molecule has 18 atom stereocenters. The first-order valence-corrected chi connectivity index (χ1v) is 45.0. The number of phenolic OH excluding ortho intramolecular Hbond substituents is 1. The molecule has 0 saturated carbocycles. The van der Waals surface area contributed by atoms with Crippen LogP contribution >= 0.6 is 11.8 Å². The van der Waals surface area contributed by atoms with Gasteiger partial charge in [-0.05, 0) is 115 Å². The summed E-state index contributed by atoms with van der Waals surface area (Å²) in [5, 5.41) is 61.6. The number of hydrogen-bond donors (Lipinski definition) is 19. The molecule has 0 unspecified atom stereocenters. The highest BCUT2D eigenvalue weighted by atomic mass is 32.2. The van der Waals surface area contributed by atoms with Crippen LogP contribution in [0, 0.1) is 29.6 Å². The molecule has 710 valence electrons. The lowest BCUT2D eigenvalue weighted by atomic mass is 9.96. The maximum Gasteiger partial charge on any atom is 0.326 e. The summed E-state index contributed by atoms with van der Waals surface area (Å²) in [6, 6.07) is -0.0958. The second-order valence-electron chi connectivity index (χ2n) is 33.8. The summed E-state index contributed by atoms with van der Waals surface area (Å²) in [4.78, 5) is 267. The fraction of sp³-hybridized carbons (Fsp3) is 0.580. The largest absolute Gasteiger partial charge is 0.508 e. The molecular weight excluding hydrogens is 1690 g/mol. The van der Waals surface area contributed by atoms with Gasteiger partial charge in [-0.15, -0.1) is 0 Å². The predicted molar refractivity (Wildman–Crippen MR) is 474 cm³/mol. The quantitative estimate of drug-likeness (QED) is 0.0313. The number of benzene rings is 3. The highest BCUT2D eigenvalue weighted by molar-refractivity contribution is 7.98. The molecule has 5 rings (SSSR count). The summed E-state index contributed by atoms with van der Waals surface area (Å²) >= 11 is 1.42. The maximum atomic E-state index is 15.2. The predicted octanol–water partition coefficient (Wildman–Crippen LogP) is -1.28. The van der Waals surface area contributed by atoms with Crippen LogP contribution in [0.2, 0.25) is 0 Å². The van der Waals surface area contributed by atoms with Gasteiger partial charge in [-0.1, -0.05) is 161 Å². The number of aliphatic carboxylic acids is 2. The number of likely N-dealkylation sites (tertiary alicyclic amines) is 2. The molecule has 2 aliphatic heterocycles. The first-order valence-electron chi connectivity index (χ1n) is 43.6. The van der Waals surface area contributed by atoms with Gasteiger partial charge in [0.25, 0.3) is 0 Å². The third kappa shape index (κ3) is 34.3. The summed E-state index contributed by atoms with van der Waals surface area (Å²) in [5.41, 5.74) is 23.8. The van der Waals surface area contributed by atoms with Crippen molar-refractivity contribution in [3.8, 4) is 5.75 Å².